The predicted octanol–water partition coefficient (Wildman–Crippen LogP) is 0.106. The topological polar surface area (TPSA) is 72.2 Å². The lowest BCUT2D eigenvalue weighted by molar-refractivity contribution is -0.136. The molecule has 1 aromatic rings. The molecule has 14 heavy (non-hydrogen) atoms. The summed E-state index contributed by atoms with van der Waals surface area (Å²) in [6.07, 6.45) is 3.40. The molecule has 1 N–H and O–H groups in total. The van der Waals surface area contributed by atoms with Crippen LogP contribution in [0.2, 0.25) is 0 Å². The first-order chi connectivity index (χ1) is 6.68. The van der Waals surface area contributed by atoms with E-state index in [0.717, 1.165) is 0 Å². The normalized spacial score (nSPS) is 12.6. The highest BCUT2D eigenvalue weighted by atomic mass is 32.2. The molecule has 1 aromatic heterocycles. The molecule has 1 unspecified atom stereocenters. The lowest BCUT2D eigenvalue weighted by atomic mass is 10.5. The fourth-order valence-electron chi connectivity index (χ4n) is 0.931. The molecule has 0 spiro atoms. The van der Waals surface area contributed by atoms with E-state index < -0.39 is 16.8 Å². The number of carbonyl (C=O) groups is 1. The Morgan fingerprint density at radius 2 is 2.29 bits per heavy atom. The van der Waals surface area contributed by atoms with Crippen LogP contribution in [0.1, 0.15) is 6.42 Å². The molecule has 1 atom stereocenters. The van der Waals surface area contributed by atoms with Crippen LogP contribution in [0.25, 0.3) is 0 Å². The second-order valence-electron chi connectivity index (χ2n) is 2.76. The second kappa shape index (κ2) is 5.54. The molecule has 0 radical (unpaired) electrons. The van der Waals surface area contributed by atoms with Crippen LogP contribution in [-0.4, -0.2) is 36.6 Å². The monoisotopic (exact) mass is 216 g/mol. The van der Waals surface area contributed by atoms with Crippen molar-refractivity contribution in [1.29, 1.82) is 0 Å². The molecule has 0 bridgehead atoms. The number of aromatic nitrogens is 2. The van der Waals surface area contributed by atoms with E-state index in [0.29, 0.717) is 12.3 Å². The fraction of sp³-hybridized carbons (Fsp3) is 0.500. The highest BCUT2D eigenvalue weighted by molar-refractivity contribution is 7.84. The predicted molar refractivity (Wildman–Crippen MR) is 52.4 cm³/mol. The van der Waals surface area contributed by atoms with E-state index in [-0.39, 0.29) is 12.2 Å². The number of nitrogens with zero attached hydrogens (tertiary/aromatic N) is 2. The van der Waals surface area contributed by atoms with Crippen molar-refractivity contribution in [2.45, 2.75) is 13.0 Å². The van der Waals surface area contributed by atoms with Crippen molar-refractivity contribution in [3.8, 4) is 0 Å². The number of carboxylic acids is 1. The molecule has 0 aliphatic rings. The van der Waals surface area contributed by atoms with Gasteiger partial charge < -0.3 is 5.11 Å². The van der Waals surface area contributed by atoms with Gasteiger partial charge in [0.05, 0.1) is 13.0 Å². The molecular weight excluding hydrogens is 204 g/mol. The molecule has 0 aliphatic carbocycles. The molecular formula is C8H12N2O3S. The number of hydrogen-bond acceptors (Lipinski definition) is 3. The van der Waals surface area contributed by atoms with E-state index in [9.17, 15) is 9.00 Å². The SMILES string of the molecule is O=C(O)CCS(=O)CCn1cccn1. The Kier molecular flexibility index (Phi) is 4.31. The minimum atomic E-state index is -1.07. The van der Waals surface area contributed by atoms with E-state index in [2.05, 4.69) is 5.10 Å². The highest BCUT2D eigenvalue weighted by Gasteiger charge is 2.03. The highest BCUT2D eigenvalue weighted by Crippen LogP contribution is 1.91. The standard InChI is InChI=1S/C8H12N2O3S/c11-8(12)2-6-14(13)7-5-10-4-1-3-9-10/h1,3-4H,2,5-7H2,(H,11,12). The Morgan fingerprint density at radius 3 is 2.86 bits per heavy atom. The summed E-state index contributed by atoms with van der Waals surface area (Å²) in [4.78, 5) is 10.2. The lowest BCUT2D eigenvalue weighted by Crippen LogP contribution is -2.12. The molecule has 0 saturated carbocycles. The van der Waals surface area contributed by atoms with Crippen LogP contribution in [0.4, 0.5) is 0 Å². The van der Waals surface area contributed by atoms with Gasteiger partial charge in [-0.2, -0.15) is 5.10 Å². The van der Waals surface area contributed by atoms with Crippen molar-refractivity contribution >= 4 is 16.8 Å². The number of carboxylic acid groups (broad SMARTS) is 1. The van der Waals surface area contributed by atoms with Crippen LogP contribution in [-0.2, 0) is 22.1 Å². The van der Waals surface area contributed by atoms with Gasteiger partial charge in [0.15, 0.2) is 0 Å². The molecule has 0 fully saturated rings. The second-order valence-corrected chi connectivity index (χ2v) is 4.46. The molecule has 0 saturated heterocycles. The minimum absolute atomic E-state index is 0.0360. The zero-order valence-electron chi connectivity index (χ0n) is 7.63. The molecule has 1 heterocycles. The third-order valence-electron chi connectivity index (χ3n) is 1.65. The number of aliphatic carboxylic acids is 1. The smallest absolute Gasteiger partial charge is 0.304 e. The Labute approximate surface area is 84.2 Å². The van der Waals surface area contributed by atoms with Crippen LogP contribution < -0.4 is 0 Å². The Hall–Kier alpha value is -1.17. The lowest BCUT2D eigenvalue weighted by Gasteiger charge is -2.00. The number of hydrogen-bond donors (Lipinski definition) is 1. The van der Waals surface area contributed by atoms with Gasteiger partial charge >= 0.3 is 5.97 Å². The van der Waals surface area contributed by atoms with Crippen molar-refractivity contribution in [2.24, 2.45) is 0 Å². The molecule has 78 valence electrons. The van der Waals surface area contributed by atoms with Gasteiger partial charge in [0.1, 0.15) is 0 Å². The summed E-state index contributed by atoms with van der Waals surface area (Å²) >= 11 is 0. The van der Waals surface area contributed by atoms with E-state index in [1.807, 2.05) is 0 Å². The summed E-state index contributed by atoms with van der Waals surface area (Å²) in [6, 6.07) is 1.79. The zero-order chi connectivity index (χ0) is 10.4. The zero-order valence-corrected chi connectivity index (χ0v) is 8.44. The van der Waals surface area contributed by atoms with Gasteiger partial charge in [-0.05, 0) is 6.07 Å². The number of rotatable bonds is 6. The third kappa shape index (κ3) is 4.18. The average Bonchev–Trinajstić information content (AvgIpc) is 2.63. The van der Waals surface area contributed by atoms with Crippen molar-refractivity contribution in [1.82, 2.24) is 9.78 Å². The van der Waals surface area contributed by atoms with Gasteiger partial charge in [0.25, 0.3) is 0 Å². The van der Waals surface area contributed by atoms with Gasteiger partial charge in [-0.25, -0.2) is 0 Å². The van der Waals surface area contributed by atoms with Crippen LogP contribution >= 0.6 is 0 Å². The Bertz CT molecular complexity index is 310. The van der Waals surface area contributed by atoms with Crippen molar-refractivity contribution in [3.05, 3.63) is 18.5 Å². The fourth-order valence-corrected chi connectivity index (χ4v) is 1.93. The van der Waals surface area contributed by atoms with Crippen molar-refractivity contribution in [2.75, 3.05) is 11.5 Å². The van der Waals surface area contributed by atoms with Crippen molar-refractivity contribution in [3.63, 3.8) is 0 Å². The number of aryl methyl sites for hydroxylation is 1. The quantitative estimate of drug-likeness (QED) is 0.732. The molecule has 0 aliphatic heterocycles. The van der Waals surface area contributed by atoms with Gasteiger partial charge in [-0.15, -0.1) is 0 Å². The van der Waals surface area contributed by atoms with Crippen LogP contribution in [0.15, 0.2) is 18.5 Å². The molecule has 0 aromatic carbocycles. The van der Waals surface area contributed by atoms with E-state index in [1.165, 1.54) is 0 Å². The summed E-state index contributed by atoms with van der Waals surface area (Å²) in [7, 11) is -1.07. The molecule has 5 nitrogen and oxygen atoms in total. The van der Waals surface area contributed by atoms with Crippen LogP contribution in [0, 0.1) is 0 Å². The average molecular weight is 216 g/mol. The maximum atomic E-state index is 11.2. The van der Waals surface area contributed by atoms with E-state index in [1.54, 1.807) is 23.1 Å². The molecule has 0 amide bonds. The maximum absolute atomic E-state index is 11.2. The largest absolute Gasteiger partial charge is 0.481 e. The summed E-state index contributed by atoms with van der Waals surface area (Å²) < 4.78 is 12.9. The van der Waals surface area contributed by atoms with Crippen molar-refractivity contribution < 1.29 is 14.1 Å². The van der Waals surface area contributed by atoms with Gasteiger partial charge in [-0.3, -0.25) is 13.7 Å². The Morgan fingerprint density at radius 1 is 1.50 bits per heavy atom. The molecule has 1 rings (SSSR count). The summed E-state index contributed by atoms with van der Waals surface area (Å²) in [6.45, 7) is 0.569. The first-order valence-corrected chi connectivity index (χ1v) is 5.71. The first-order valence-electron chi connectivity index (χ1n) is 4.22. The van der Waals surface area contributed by atoms with E-state index >= 15 is 0 Å². The Balaban J connectivity index is 2.18. The van der Waals surface area contributed by atoms with Crippen LogP contribution in [0.3, 0.4) is 0 Å². The summed E-state index contributed by atoms with van der Waals surface area (Å²) in [5, 5.41) is 12.3. The third-order valence-corrected chi connectivity index (χ3v) is 2.95. The summed E-state index contributed by atoms with van der Waals surface area (Å²) in [5.74, 6) is -0.233. The first kappa shape index (κ1) is 10.9. The van der Waals surface area contributed by atoms with Gasteiger partial charge in [0.2, 0.25) is 0 Å². The molecule has 6 heteroatoms. The minimum Gasteiger partial charge on any atom is -0.481 e. The van der Waals surface area contributed by atoms with Crippen LogP contribution in [0.5, 0.6) is 0 Å². The van der Waals surface area contributed by atoms with E-state index in [4.69, 9.17) is 5.11 Å². The van der Waals surface area contributed by atoms with Gasteiger partial charge in [-0.1, -0.05) is 0 Å². The van der Waals surface area contributed by atoms with Gasteiger partial charge in [0, 0.05) is 34.7 Å². The summed E-state index contributed by atoms with van der Waals surface area (Å²) in [5.41, 5.74) is 0. The maximum Gasteiger partial charge on any atom is 0.304 e.